The topological polar surface area (TPSA) is 63.9 Å². The molecule has 0 bridgehead atoms. The van der Waals surface area contributed by atoms with E-state index in [0.29, 0.717) is 32.0 Å². The maximum Gasteiger partial charge on any atom is 0.286 e. The molecule has 3 aromatic rings. The maximum absolute atomic E-state index is 12.3. The minimum atomic E-state index is -0.207. The number of benzene rings is 2. The van der Waals surface area contributed by atoms with Crippen molar-refractivity contribution in [3.63, 3.8) is 0 Å². The molecule has 0 radical (unpaired) electrons. The van der Waals surface area contributed by atoms with Crippen molar-refractivity contribution in [2.75, 3.05) is 27.4 Å². The van der Waals surface area contributed by atoms with Gasteiger partial charge < -0.3 is 19.2 Å². The molecule has 31 heavy (non-hydrogen) atoms. The van der Waals surface area contributed by atoms with Crippen LogP contribution in [0.5, 0.6) is 5.75 Å². The van der Waals surface area contributed by atoms with Crippen LogP contribution in [0.1, 0.15) is 33.9 Å². The van der Waals surface area contributed by atoms with Gasteiger partial charge >= 0.3 is 0 Å². The van der Waals surface area contributed by atoms with Gasteiger partial charge in [-0.3, -0.25) is 9.69 Å². The highest BCUT2D eigenvalue weighted by Crippen LogP contribution is 2.22. The van der Waals surface area contributed by atoms with E-state index in [-0.39, 0.29) is 5.91 Å². The summed E-state index contributed by atoms with van der Waals surface area (Å²) in [6, 6.07) is 21.9. The molecule has 0 saturated heterocycles. The zero-order chi connectivity index (χ0) is 21.9. The van der Waals surface area contributed by atoms with Crippen molar-refractivity contribution in [2.24, 2.45) is 0 Å². The molecule has 0 aliphatic rings. The van der Waals surface area contributed by atoms with Crippen LogP contribution in [-0.2, 0) is 24.4 Å². The summed E-state index contributed by atoms with van der Waals surface area (Å²) in [6.07, 6.45) is 0.763. The first kappa shape index (κ1) is 22.6. The van der Waals surface area contributed by atoms with Gasteiger partial charge in [0, 0.05) is 38.9 Å². The summed E-state index contributed by atoms with van der Waals surface area (Å²) < 4.78 is 16.4. The van der Waals surface area contributed by atoms with E-state index in [1.54, 1.807) is 20.3 Å². The van der Waals surface area contributed by atoms with Crippen LogP contribution in [0.3, 0.4) is 0 Å². The molecule has 0 fully saturated rings. The predicted octanol–water partition coefficient (Wildman–Crippen LogP) is 4.26. The Labute approximate surface area is 183 Å². The van der Waals surface area contributed by atoms with Gasteiger partial charge in [0.1, 0.15) is 11.5 Å². The Morgan fingerprint density at radius 2 is 1.71 bits per heavy atom. The number of para-hydroxylation sites is 1. The van der Waals surface area contributed by atoms with Gasteiger partial charge in [-0.05, 0) is 30.2 Å². The van der Waals surface area contributed by atoms with Crippen LogP contribution >= 0.6 is 0 Å². The van der Waals surface area contributed by atoms with E-state index in [0.717, 1.165) is 30.0 Å². The third-order valence-electron chi connectivity index (χ3n) is 4.91. The molecular weight excluding hydrogens is 392 g/mol. The summed E-state index contributed by atoms with van der Waals surface area (Å²) in [6.45, 7) is 3.18. The largest absolute Gasteiger partial charge is 0.496 e. The predicted molar refractivity (Wildman–Crippen MR) is 120 cm³/mol. The van der Waals surface area contributed by atoms with E-state index >= 15 is 0 Å². The number of nitrogens with one attached hydrogen (secondary N) is 1. The molecule has 0 aliphatic carbocycles. The second-order valence-electron chi connectivity index (χ2n) is 7.31. The zero-order valence-corrected chi connectivity index (χ0v) is 18.2. The molecule has 0 unspecified atom stereocenters. The normalized spacial score (nSPS) is 10.9. The summed E-state index contributed by atoms with van der Waals surface area (Å²) in [5.74, 6) is 1.72. The van der Waals surface area contributed by atoms with Crippen molar-refractivity contribution >= 4 is 5.91 Å². The SMILES string of the molecule is COCCCNC(=O)c1ccc(CN(Cc2ccccc2)Cc2ccccc2OC)o1. The highest BCUT2D eigenvalue weighted by atomic mass is 16.5. The van der Waals surface area contributed by atoms with Crippen LogP contribution in [0.25, 0.3) is 0 Å². The maximum atomic E-state index is 12.3. The van der Waals surface area contributed by atoms with E-state index in [9.17, 15) is 4.79 Å². The molecule has 6 nitrogen and oxygen atoms in total. The molecular formula is C25H30N2O4. The van der Waals surface area contributed by atoms with Crippen LogP contribution in [0.4, 0.5) is 0 Å². The summed E-state index contributed by atoms with van der Waals surface area (Å²) >= 11 is 0. The van der Waals surface area contributed by atoms with Gasteiger partial charge in [0.15, 0.2) is 5.76 Å². The van der Waals surface area contributed by atoms with Crippen molar-refractivity contribution in [2.45, 2.75) is 26.1 Å². The van der Waals surface area contributed by atoms with Gasteiger partial charge in [0.05, 0.1) is 13.7 Å². The molecule has 6 heteroatoms. The van der Waals surface area contributed by atoms with Crippen LogP contribution < -0.4 is 10.1 Å². The minimum Gasteiger partial charge on any atom is -0.496 e. The summed E-state index contributed by atoms with van der Waals surface area (Å²) in [4.78, 5) is 14.6. The molecule has 0 spiro atoms. The highest BCUT2D eigenvalue weighted by Gasteiger charge is 2.15. The van der Waals surface area contributed by atoms with Crippen molar-refractivity contribution in [3.8, 4) is 5.75 Å². The standard InChI is InChI=1S/C25H30N2O4/c1-29-16-8-15-26-25(28)24-14-13-22(31-24)19-27(17-20-9-4-3-5-10-20)18-21-11-6-7-12-23(21)30-2/h3-7,9-14H,8,15-19H2,1-2H3,(H,26,28). The second kappa shape index (κ2) is 11.9. The lowest BCUT2D eigenvalue weighted by atomic mass is 10.1. The van der Waals surface area contributed by atoms with Crippen molar-refractivity contribution < 1.29 is 18.7 Å². The molecule has 3 rings (SSSR count). The lowest BCUT2D eigenvalue weighted by molar-refractivity contribution is 0.0916. The van der Waals surface area contributed by atoms with Crippen molar-refractivity contribution in [1.29, 1.82) is 0 Å². The summed E-state index contributed by atoms with van der Waals surface area (Å²) in [5.41, 5.74) is 2.31. The molecule has 1 aromatic heterocycles. The second-order valence-corrected chi connectivity index (χ2v) is 7.31. The number of ether oxygens (including phenoxy) is 2. The van der Waals surface area contributed by atoms with E-state index < -0.39 is 0 Å². The number of amides is 1. The van der Waals surface area contributed by atoms with Gasteiger partial charge in [-0.1, -0.05) is 48.5 Å². The molecule has 1 N–H and O–H groups in total. The first-order valence-corrected chi connectivity index (χ1v) is 10.4. The number of carbonyl (C=O) groups excluding carboxylic acids is 1. The van der Waals surface area contributed by atoms with Crippen LogP contribution in [0.2, 0.25) is 0 Å². The number of furan rings is 1. The van der Waals surface area contributed by atoms with Gasteiger partial charge in [-0.2, -0.15) is 0 Å². The Balaban J connectivity index is 1.69. The molecule has 0 aliphatic heterocycles. The van der Waals surface area contributed by atoms with E-state index in [2.05, 4.69) is 28.4 Å². The van der Waals surface area contributed by atoms with E-state index in [4.69, 9.17) is 13.9 Å². The first-order chi connectivity index (χ1) is 15.2. The Bertz CT molecular complexity index is 939. The van der Waals surface area contributed by atoms with Gasteiger partial charge in [-0.15, -0.1) is 0 Å². The molecule has 1 heterocycles. The average Bonchev–Trinajstić information content (AvgIpc) is 3.26. The first-order valence-electron chi connectivity index (χ1n) is 10.4. The fourth-order valence-corrected chi connectivity index (χ4v) is 3.39. The fraction of sp³-hybridized carbons (Fsp3) is 0.320. The molecule has 0 atom stereocenters. The number of carbonyl (C=O) groups is 1. The van der Waals surface area contributed by atoms with Gasteiger partial charge in [0.25, 0.3) is 5.91 Å². The van der Waals surface area contributed by atoms with E-state index in [1.165, 1.54) is 5.56 Å². The van der Waals surface area contributed by atoms with E-state index in [1.807, 2.05) is 42.5 Å². The molecule has 164 valence electrons. The Hall–Kier alpha value is -3.09. The Kier molecular flexibility index (Phi) is 8.70. The van der Waals surface area contributed by atoms with Gasteiger partial charge in [-0.25, -0.2) is 0 Å². The molecule has 2 aromatic carbocycles. The average molecular weight is 423 g/mol. The monoisotopic (exact) mass is 422 g/mol. The van der Waals surface area contributed by atoms with Crippen LogP contribution in [-0.4, -0.2) is 38.2 Å². The number of hydrogen-bond acceptors (Lipinski definition) is 5. The molecule has 1 amide bonds. The number of methoxy groups -OCH3 is 2. The third-order valence-corrected chi connectivity index (χ3v) is 4.91. The molecule has 0 saturated carbocycles. The lowest BCUT2D eigenvalue weighted by Gasteiger charge is -2.22. The van der Waals surface area contributed by atoms with Crippen LogP contribution in [0.15, 0.2) is 71.1 Å². The van der Waals surface area contributed by atoms with Crippen molar-refractivity contribution in [1.82, 2.24) is 10.2 Å². The lowest BCUT2D eigenvalue weighted by Crippen LogP contribution is -2.25. The Morgan fingerprint density at radius 3 is 2.48 bits per heavy atom. The zero-order valence-electron chi connectivity index (χ0n) is 18.2. The van der Waals surface area contributed by atoms with Gasteiger partial charge in [0.2, 0.25) is 0 Å². The third kappa shape index (κ3) is 6.98. The minimum absolute atomic E-state index is 0.207. The van der Waals surface area contributed by atoms with Crippen LogP contribution in [0, 0.1) is 0 Å². The smallest absolute Gasteiger partial charge is 0.286 e. The fourth-order valence-electron chi connectivity index (χ4n) is 3.39. The Morgan fingerprint density at radius 1 is 0.935 bits per heavy atom. The number of nitrogens with zero attached hydrogens (tertiary/aromatic N) is 1. The highest BCUT2D eigenvalue weighted by molar-refractivity contribution is 5.91. The number of rotatable bonds is 12. The quantitative estimate of drug-likeness (QED) is 0.442. The summed E-state index contributed by atoms with van der Waals surface area (Å²) in [7, 11) is 3.33. The number of hydrogen-bond donors (Lipinski definition) is 1. The summed E-state index contributed by atoms with van der Waals surface area (Å²) in [5, 5.41) is 2.85. The van der Waals surface area contributed by atoms with Crippen molar-refractivity contribution in [3.05, 3.63) is 89.4 Å².